The fraction of sp³-hybridized carbons (Fsp3) is 1.00. The van der Waals surface area contributed by atoms with Gasteiger partial charge in [-0.05, 0) is 26.7 Å². The second-order valence-electron chi connectivity index (χ2n) is 3.87. The molecular formula is C9H23NO4S. The number of aliphatic hydroxyl groups is 1. The number of hydrogen-bond donors (Lipinski definition) is 2. The maximum absolute atomic E-state index is 11.4. The summed E-state index contributed by atoms with van der Waals surface area (Å²) >= 11 is 0. The van der Waals surface area contributed by atoms with Crippen LogP contribution in [0.1, 0.15) is 40.5 Å². The van der Waals surface area contributed by atoms with Gasteiger partial charge in [-0.3, -0.25) is 4.18 Å². The molecule has 0 aliphatic heterocycles. The maximum Gasteiger partial charge on any atom is 0.270 e. The zero-order valence-corrected chi connectivity index (χ0v) is 10.8. The molecule has 4 N–H and O–H groups in total. The van der Waals surface area contributed by atoms with Gasteiger partial charge in [0.2, 0.25) is 0 Å². The molecule has 5 nitrogen and oxygen atoms in total. The molecule has 0 spiro atoms. The summed E-state index contributed by atoms with van der Waals surface area (Å²) in [6.07, 6.45) is 0.691. The van der Waals surface area contributed by atoms with Gasteiger partial charge in [0.25, 0.3) is 10.1 Å². The third-order valence-corrected chi connectivity index (χ3v) is 3.73. The second kappa shape index (κ2) is 6.42. The molecule has 0 aromatic carbocycles. The van der Waals surface area contributed by atoms with Crippen molar-refractivity contribution in [1.29, 1.82) is 0 Å². The Labute approximate surface area is 92.5 Å². The predicted octanol–water partition coefficient (Wildman–Crippen LogP) is 1.45. The molecule has 0 radical (unpaired) electrons. The highest BCUT2D eigenvalue weighted by atomic mass is 32.2. The van der Waals surface area contributed by atoms with Crippen molar-refractivity contribution >= 4 is 10.1 Å². The Balaban J connectivity index is 0. The van der Waals surface area contributed by atoms with Gasteiger partial charge in [0.15, 0.2) is 0 Å². The maximum atomic E-state index is 11.4. The van der Waals surface area contributed by atoms with Crippen LogP contribution in [-0.2, 0) is 14.3 Å². The molecule has 0 aromatic heterocycles. The standard InChI is InChI=1S/C9H20O4S.H3N/c1-5-8(3)13-14(11,12)7-9(4,10)6-2;/h8,10H,5-7H2,1-4H3;1H3. The van der Waals surface area contributed by atoms with Gasteiger partial charge in [-0.25, -0.2) is 0 Å². The van der Waals surface area contributed by atoms with Crippen molar-refractivity contribution in [3.05, 3.63) is 0 Å². The summed E-state index contributed by atoms with van der Waals surface area (Å²) in [4.78, 5) is 0. The van der Waals surface area contributed by atoms with Crippen LogP contribution in [0.3, 0.4) is 0 Å². The first-order valence-corrected chi connectivity index (χ1v) is 6.43. The lowest BCUT2D eigenvalue weighted by atomic mass is 10.1. The van der Waals surface area contributed by atoms with E-state index in [1.54, 1.807) is 13.8 Å². The molecule has 2 atom stereocenters. The van der Waals surface area contributed by atoms with Crippen LogP contribution in [0.25, 0.3) is 0 Å². The summed E-state index contributed by atoms with van der Waals surface area (Å²) in [6.45, 7) is 6.76. The van der Waals surface area contributed by atoms with Crippen LogP contribution in [0.4, 0.5) is 0 Å². The molecular weight excluding hydrogens is 218 g/mol. The van der Waals surface area contributed by atoms with Crippen LogP contribution >= 0.6 is 0 Å². The number of hydrogen-bond acceptors (Lipinski definition) is 5. The monoisotopic (exact) mass is 241 g/mol. The molecule has 6 heteroatoms. The van der Waals surface area contributed by atoms with Gasteiger partial charge in [0.1, 0.15) is 5.75 Å². The Hall–Kier alpha value is -0.170. The van der Waals surface area contributed by atoms with Crippen LogP contribution < -0.4 is 6.15 Å². The Morgan fingerprint density at radius 1 is 1.40 bits per heavy atom. The summed E-state index contributed by atoms with van der Waals surface area (Å²) in [5.41, 5.74) is -1.20. The van der Waals surface area contributed by atoms with Crippen molar-refractivity contribution in [1.82, 2.24) is 6.15 Å². The van der Waals surface area contributed by atoms with Gasteiger partial charge in [-0.15, -0.1) is 0 Å². The first-order chi connectivity index (χ1) is 6.22. The quantitative estimate of drug-likeness (QED) is 0.686. The molecule has 2 unspecified atom stereocenters. The molecule has 0 saturated carbocycles. The summed E-state index contributed by atoms with van der Waals surface area (Å²) in [5, 5.41) is 9.59. The smallest absolute Gasteiger partial charge is 0.270 e. The average molecular weight is 241 g/mol. The Kier molecular flexibility index (Phi) is 7.38. The van der Waals surface area contributed by atoms with Crippen LogP contribution in [-0.4, -0.2) is 31.0 Å². The van der Waals surface area contributed by atoms with Crippen LogP contribution in [0, 0.1) is 0 Å². The van der Waals surface area contributed by atoms with Gasteiger partial charge in [-0.1, -0.05) is 13.8 Å². The minimum absolute atomic E-state index is 0. The highest BCUT2D eigenvalue weighted by molar-refractivity contribution is 7.86. The topological polar surface area (TPSA) is 98.6 Å². The van der Waals surface area contributed by atoms with Gasteiger partial charge in [-0.2, -0.15) is 8.42 Å². The Morgan fingerprint density at radius 3 is 2.20 bits per heavy atom. The van der Waals surface area contributed by atoms with Crippen LogP contribution in [0.15, 0.2) is 0 Å². The molecule has 0 aliphatic carbocycles. The van der Waals surface area contributed by atoms with E-state index in [4.69, 9.17) is 4.18 Å². The number of rotatable bonds is 6. The van der Waals surface area contributed by atoms with Gasteiger partial charge in [0, 0.05) is 0 Å². The average Bonchev–Trinajstić information content (AvgIpc) is 2.01. The zero-order chi connectivity index (χ0) is 11.4. The van der Waals surface area contributed by atoms with Crippen molar-refractivity contribution in [3.63, 3.8) is 0 Å². The highest BCUT2D eigenvalue weighted by Gasteiger charge is 2.28. The van der Waals surface area contributed by atoms with E-state index in [1.807, 2.05) is 6.92 Å². The normalized spacial score (nSPS) is 17.7. The first kappa shape index (κ1) is 17.2. The lowest BCUT2D eigenvalue weighted by Gasteiger charge is -2.21. The second-order valence-corrected chi connectivity index (χ2v) is 5.46. The van der Waals surface area contributed by atoms with E-state index in [-0.39, 0.29) is 18.0 Å². The molecule has 94 valence electrons. The Bertz CT molecular complexity index is 261. The summed E-state index contributed by atoms with van der Waals surface area (Å²) in [6, 6.07) is 0. The first-order valence-electron chi connectivity index (χ1n) is 4.85. The fourth-order valence-corrected chi connectivity index (χ4v) is 2.51. The van der Waals surface area contributed by atoms with Crippen molar-refractivity contribution in [2.24, 2.45) is 0 Å². The largest absolute Gasteiger partial charge is 0.389 e. The Morgan fingerprint density at radius 2 is 1.87 bits per heavy atom. The van der Waals surface area contributed by atoms with Crippen molar-refractivity contribution < 1.29 is 17.7 Å². The van der Waals surface area contributed by atoms with Gasteiger partial charge < -0.3 is 11.3 Å². The molecule has 0 aromatic rings. The molecule has 0 rings (SSSR count). The molecule has 0 fully saturated rings. The lowest BCUT2D eigenvalue weighted by molar-refractivity contribution is 0.0754. The molecule has 0 aliphatic rings. The molecule has 0 amide bonds. The summed E-state index contributed by atoms with van der Waals surface area (Å²) in [7, 11) is -3.61. The summed E-state index contributed by atoms with van der Waals surface area (Å²) < 4.78 is 27.6. The van der Waals surface area contributed by atoms with Crippen molar-refractivity contribution in [2.45, 2.75) is 52.2 Å². The minimum atomic E-state index is -3.61. The van der Waals surface area contributed by atoms with Crippen molar-refractivity contribution in [2.75, 3.05) is 5.75 Å². The van der Waals surface area contributed by atoms with Gasteiger partial charge in [0.05, 0.1) is 11.7 Å². The third kappa shape index (κ3) is 7.72. The molecule has 0 bridgehead atoms. The molecule has 0 saturated heterocycles. The minimum Gasteiger partial charge on any atom is -0.389 e. The van der Waals surface area contributed by atoms with Gasteiger partial charge >= 0.3 is 0 Å². The van der Waals surface area contributed by atoms with Crippen LogP contribution in [0.2, 0.25) is 0 Å². The van der Waals surface area contributed by atoms with E-state index in [2.05, 4.69) is 0 Å². The van der Waals surface area contributed by atoms with E-state index < -0.39 is 15.7 Å². The highest BCUT2D eigenvalue weighted by Crippen LogP contribution is 2.14. The SMILES string of the molecule is CCC(C)OS(=O)(=O)CC(C)(O)CC.N. The predicted molar refractivity (Wildman–Crippen MR) is 60.6 cm³/mol. The van der Waals surface area contributed by atoms with E-state index in [0.29, 0.717) is 12.8 Å². The van der Waals surface area contributed by atoms with Crippen molar-refractivity contribution in [3.8, 4) is 0 Å². The van der Waals surface area contributed by atoms with E-state index in [9.17, 15) is 13.5 Å². The fourth-order valence-electron chi connectivity index (χ4n) is 0.835. The molecule has 0 heterocycles. The van der Waals surface area contributed by atoms with E-state index >= 15 is 0 Å². The van der Waals surface area contributed by atoms with Crippen LogP contribution in [0.5, 0.6) is 0 Å². The molecule has 15 heavy (non-hydrogen) atoms. The lowest BCUT2D eigenvalue weighted by Crippen LogP contribution is -2.34. The van der Waals surface area contributed by atoms with E-state index in [0.717, 1.165) is 0 Å². The third-order valence-electron chi connectivity index (χ3n) is 2.14. The zero-order valence-electron chi connectivity index (χ0n) is 9.99. The summed E-state index contributed by atoms with van der Waals surface area (Å²) in [5.74, 6) is -0.346. The van der Waals surface area contributed by atoms with E-state index in [1.165, 1.54) is 6.92 Å².